The Kier molecular flexibility index (Phi) is 4.18. The summed E-state index contributed by atoms with van der Waals surface area (Å²) in [5.74, 6) is 2.31. The molecule has 3 heterocycles. The van der Waals surface area contributed by atoms with Crippen LogP contribution in [0.4, 0.5) is 5.82 Å². The molecule has 3 aromatic heterocycles. The monoisotopic (exact) mass is 345 g/mol. The minimum atomic E-state index is 0.610. The largest absolute Gasteiger partial charge is 0.365 e. The highest BCUT2D eigenvalue weighted by molar-refractivity contribution is 5.63. The first-order chi connectivity index (χ1) is 12.7. The Bertz CT molecular complexity index is 1020. The van der Waals surface area contributed by atoms with Gasteiger partial charge in [0.2, 0.25) is 0 Å². The molecule has 130 valence electrons. The topological polar surface area (TPSA) is 73.5 Å². The molecule has 26 heavy (non-hydrogen) atoms. The van der Waals surface area contributed by atoms with Gasteiger partial charge < -0.3 is 5.32 Å². The summed E-state index contributed by atoms with van der Waals surface area (Å²) in [4.78, 5) is 13.1. The number of nitrogens with one attached hydrogen (secondary N) is 1. The van der Waals surface area contributed by atoms with Crippen molar-refractivity contribution in [1.29, 1.82) is 0 Å². The Labute approximate surface area is 151 Å². The van der Waals surface area contributed by atoms with Crippen molar-refractivity contribution >= 4 is 5.82 Å². The summed E-state index contributed by atoms with van der Waals surface area (Å²) in [5.41, 5.74) is 3.17. The molecule has 1 aromatic carbocycles. The first kappa shape index (κ1) is 16.0. The molecule has 0 fully saturated rings. The van der Waals surface area contributed by atoms with Crippen molar-refractivity contribution in [2.45, 2.75) is 13.5 Å². The van der Waals surface area contributed by atoms with E-state index in [1.165, 1.54) is 0 Å². The van der Waals surface area contributed by atoms with Crippen LogP contribution >= 0.6 is 0 Å². The molecule has 0 unspecified atom stereocenters. The van der Waals surface area contributed by atoms with Crippen molar-refractivity contribution in [3.05, 3.63) is 72.7 Å². The quantitative estimate of drug-likeness (QED) is 0.602. The lowest BCUT2D eigenvalue weighted by Gasteiger charge is -2.08. The van der Waals surface area contributed by atoms with Gasteiger partial charge in [-0.3, -0.25) is 14.2 Å². The first-order valence-electron chi connectivity index (χ1n) is 8.35. The van der Waals surface area contributed by atoms with E-state index >= 15 is 0 Å². The van der Waals surface area contributed by atoms with Gasteiger partial charge in [0.25, 0.3) is 0 Å². The van der Waals surface area contributed by atoms with E-state index in [0.29, 0.717) is 12.4 Å². The summed E-state index contributed by atoms with van der Waals surface area (Å²) in [6.45, 7) is 2.54. The average molecular weight is 345 g/mol. The van der Waals surface area contributed by atoms with Gasteiger partial charge in [-0.1, -0.05) is 30.3 Å². The van der Waals surface area contributed by atoms with Gasteiger partial charge in [-0.25, -0.2) is 9.97 Å². The number of aromatic nitrogens is 6. The number of aryl methyl sites for hydroxylation is 2. The Morgan fingerprint density at radius 1 is 1.12 bits per heavy atom. The third kappa shape index (κ3) is 3.19. The van der Waals surface area contributed by atoms with Crippen molar-refractivity contribution in [1.82, 2.24) is 29.3 Å². The molecule has 0 aliphatic heterocycles. The fraction of sp³-hybridized carbons (Fsp3) is 0.158. The molecule has 4 rings (SSSR count). The Hall–Kier alpha value is -3.48. The van der Waals surface area contributed by atoms with Crippen molar-refractivity contribution < 1.29 is 0 Å². The van der Waals surface area contributed by atoms with E-state index in [1.807, 2.05) is 53.8 Å². The number of benzene rings is 1. The van der Waals surface area contributed by atoms with Crippen LogP contribution in [0.15, 0.2) is 61.3 Å². The van der Waals surface area contributed by atoms with Crippen LogP contribution in [0.3, 0.4) is 0 Å². The highest BCUT2D eigenvalue weighted by atomic mass is 15.3. The molecule has 7 nitrogen and oxygen atoms in total. The van der Waals surface area contributed by atoms with Crippen LogP contribution in [-0.2, 0) is 13.6 Å². The second kappa shape index (κ2) is 6.79. The Morgan fingerprint density at radius 2 is 1.96 bits per heavy atom. The molecule has 0 aliphatic rings. The van der Waals surface area contributed by atoms with Gasteiger partial charge in [0, 0.05) is 43.3 Å². The molecule has 7 heteroatoms. The molecule has 0 spiro atoms. The predicted octanol–water partition coefficient (Wildman–Crippen LogP) is 2.98. The van der Waals surface area contributed by atoms with Crippen LogP contribution < -0.4 is 5.32 Å². The van der Waals surface area contributed by atoms with E-state index in [9.17, 15) is 0 Å². The number of rotatable bonds is 5. The van der Waals surface area contributed by atoms with E-state index in [1.54, 1.807) is 18.6 Å². The molecular weight excluding hydrogens is 326 g/mol. The van der Waals surface area contributed by atoms with Gasteiger partial charge in [-0.15, -0.1) is 0 Å². The van der Waals surface area contributed by atoms with Gasteiger partial charge in [0.1, 0.15) is 11.6 Å². The first-order valence-corrected chi connectivity index (χ1v) is 8.35. The summed E-state index contributed by atoms with van der Waals surface area (Å²) < 4.78 is 3.73. The van der Waals surface area contributed by atoms with Crippen LogP contribution in [0.25, 0.3) is 17.1 Å². The number of hydrogen-bond acceptors (Lipinski definition) is 5. The zero-order valence-electron chi connectivity index (χ0n) is 14.7. The SMILES string of the molecule is Cc1nccn1-c1cncc(NCc2cn(C)nc2-c2ccccc2)n1. The molecule has 0 bridgehead atoms. The lowest BCUT2D eigenvalue weighted by Crippen LogP contribution is -2.06. The van der Waals surface area contributed by atoms with Crippen LogP contribution in [-0.4, -0.2) is 29.3 Å². The lowest BCUT2D eigenvalue weighted by atomic mass is 10.1. The minimum Gasteiger partial charge on any atom is -0.365 e. The van der Waals surface area contributed by atoms with E-state index in [2.05, 4.69) is 37.5 Å². The second-order valence-electron chi connectivity index (χ2n) is 6.00. The van der Waals surface area contributed by atoms with Gasteiger partial charge in [-0.2, -0.15) is 5.10 Å². The van der Waals surface area contributed by atoms with Crippen LogP contribution in [0.1, 0.15) is 11.4 Å². The minimum absolute atomic E-state index is 0.610. The highest BCUT2D eigenvalue weighted by Gasteiger charge is 2.10. The third-order valence-corrected chi connectivity index (χ3v) is 4.11. The molecule has 0 saturated carbocycles. The predicted molar refractivity (Wildman–Crippen MR) is 99.9 cm³/mol. The van der Waals surface area contributed by atoms with E-state index in [4.69, 9.17) is 0 Å². The van der Waals surface area contributed by atoms with E-state index in [-0.39, 0.29) is 0 Å². The van der Waals surface area contributed by atoms with Crippen molar-refractivity contribution in [3.63, 3.8) is 0 Å². The van der Waals surface area contributed by atoms with Crippen molar-refractivity contribution in [2.24, 2.45) is 7.05 Å². The van der Waals surface area contributed by atoms with Gasteiger partial charge >= 0.3 is 0 Å². The second-order valence-corrected chi connectivity index (χ2v) is 6.00. The molecule has 0 amide bonds. The zero-order chi connectivity index (χ0) is 17.9. The number of imidazole rings is 1. The fourth-order valence-electron chi connectivity index (χ4n) is 2.87. The van der Waals surface area contributed by atoms with Crippen LogP contribution in [0.5, 0.6) is 0 Å². The van der Waals surface area contributed by atoms with Crippen LogP contribution in [0.2, 0.25) is 0 Å². The summed E-state index contributed by atoms with van der Waals surface area (Å²) in [6, 6.07) is 10.2. The standard InChI is InChI=1S/C19H19N7/c1-14-21-8-9-26(14)18-12-20-11-17(23-18)22-10-16-13-25(2)24-19(16)15-6-4-3-5-7-15/h3-9,11-13H,10H2,1-2H3,(H,22,23). The lowest BCUT2D eigenvalue weighted by molar-refractivity contribution is 0.770. The normalized spacial score (nSPS) is 10.8. The molecule has 1 N–H and O–H groups in total. The third-order valence-electron chi connectivity index (χ3n) is 4.11. The smallest absolute Gasteiger partial charge is 0.159 e. The summed E-state index contributed by atoms with van der Waals surface area (Å²) in [7, 11) is 1.93. The maximum atomic E-state index is 4.62. The molecule has 0 atom stereocenters. The number of anilines is 1. The molecule has 0 saturated heterocycles. The molecule has 4 aromatic rings. The van der Waals surface area contributed by atoms with E-state index < -0.39 is 0 Å². The zero-order valence-corrected chi connectivity index (χ0v) is 14.7. The number of hydrogen-bond donors (Lipinski definition) is 1. The maximum absolute atomic E-state index is 4.62. The van der Waals surface area contributed by atoms with Gasteiger partial charge in [0.15, 0.2) is 5.82 Å². The molecule has 0 radical (unpaired) electrons. The Morgan fingerprint density at radius 3 is 2.73 bits per heavy atom. The van der Waals surface area contributed by atoms with E-state index in [0.717, 1.165) is 28.5 Å². The van der Waals surface area contributed by atoms with Gasteiger partial charge in [-0.05, 0) is 6.92 Å². The number of nitrogens with zero attached hydrogens (tertiary/aromatic N) is 6. The summed E-state index contributed by atoms with van der Waals surface area (Å²) in [5, 5.41) is 7.94. The van der Waals surface area contributed by atoms with Gasteiger partial charge in [0.05, 0.1) is 18.1 Å². The van der Waals surface area contributed by atoms with Crippen LogP contribution in [0, 0.1) is 6.92 Å². The Balaban J connectivity index is 1.56. The average Bonchev–Trinajstić information content (AvgIpc) is 3.26. The summed E-state index contributed by atoms with van der Waals surface area (Å²) in [6.07, 6.45) is 9.08. The maximum Gasteiger partial charge on any atom is 0.159 e. The fourth-order valence-corrected chi connectivity index (χ4v) is 2.87. The molecule has 0 aliphatic carbocycles. The van der Waals surface area contributed by atoms with Crippen molar-refractivity contribution in [3.8, 4) is 17.1 Å². The molecular formula is C19H19N7. The van der Waals surface area contributed by atoms with Crippen molar-refractivity contribution in [2.75, 3.05) is 5.32 Å². The summed E-state index contributed by atoms with van der Waals surface area (Å²) >= 11 is 0. The highest BCUT2D eigenvalue weighted by Crippen LogP contribution is 2.22.